The van der Waals surface area contributed by atoms with Crippen LogP contribution in [-0.4, -0.2) is 35.0 Å². The minimum Gasteiger partial charge on any atom is -0.457 e. The lowest BCUT2D eigenvalue weighted by atomic mass is 10.1. The molecule has 0 radical (unpaired) electrons. The predicted molar refractivity (Wildman–Crippen MR) is 125 cm³/mol. The van der Waals surface area contributed by atoms with E-state index in [2.05, 4.69) is 0 Å². The van der Waals surface area contributed by atoms with E-state index in [0.29, 0.717) is 17.7 Å². The van der Waals surface area contributed by atoms with Gasteiger partial charge in [-0.25, -0.2) is 4.79 Å². The second kappa shape index (κ2) is 11.6. The van der Waals surface area contributed by atoms with Crippen molar-refractivity contribution in [1.82, 2.24) is 4.90 Å². The molecular weight excluding hydrogens is 402 g/mol. The van der Waals surface area contributed by atoms with E-state index in [9.17, 15) is 14.7 Å². The van der Waals surface area contributed by atoms with Gasteiger partial charge in [-0.15, -0.1) is 0 Å². The van der Waals surface area contributed by atoms with Crippen molar-refractivity contribution in [3.63, 3.8) is 0 Å². The van der Waals surface area contributed by atoms with Crippen molar-refractivity contribution in [3.8, 4) is 0 Å². The molecule has 0 spiro atoms. The summed E-state index contributed by atoms with van der Waals surface area (Å²) in [6, 6.07) is 26.1. The monoisotopic (exact) mass is 429 g/mol. The first-order valence-corrected chi connectivity index (χ1v) is 10.5. The molecule has 1 amide bonds. The molecule has 5 heteroatoms. The lowest BCUT2D eigenvalue weighted by Crippen LogP contribution is -2.33. The first kappa shape index (κ1) is 23.0. The molecule has 0 saturated carbocycles. The number of amides is 1. The Morgan fingerprint density at radius 1 is 0.875 bits per heavy atom. The summed E-state index contributed by atoms with van der Waals surface area (Å²) in [6.07, 6.45) is 1.77. The largest absolute Gasteiger partial charge is 0.457 e. The van der Waals surface area contributed by atoms with Gasteiger partial charge in [0.2, 0.25) is 5.91 Å². The van der Waals surface area contributed by atoms with Crippen molar-refractivity contribution < 1.29 is 19.4 Å². The van der Waals surface area contributed by atoms with Crippen LogP contribution in [0.1, 0.15) is 34.0 Å². The zero-order chi connectivity index (χ0) is 22.8. The molecule has 0 atom stereocenters. The fourth-order valence-electron chi connectivity index (χ4n) is 3.26. The van der Waals surface area contributed by atoms with Gasteiger partial charge in [-0.2, -0.15) is 0 Å². The van der Waals surface area contributed by atoms with E-state index < -0.39 is 5.97 Å². The summed E-state index contributed by atoms with van der Waals surface area (Å²) in [5.74, 6) is -0.539. The maximum absolute atomic E-state index is 12.9. The summed E-state index contributed by atoms with van der Waals surface area (Å²) in [4.78, 5) is 26.8. The third-order valence-corrected chi connectivity index (χ3v) is 4.95. The Morgan fingerprint density at radius 3 is 2.06 bits per heavy atom. The summed E-state index contributed by atoms with van der Waals surface area (Å²) in [5, 5.41) is 9.38. The number of ether oxygens (including phenoxy) is 1. The van der Waals surface area contributed by atoms with E-state index in [-0.39, 0.29) is 25.7 Å². The highest BCUT2D eigenvalue weighted by Gasteiger charge is 2.15. The van der Waals surface area contributed by atoms with Crippen molar-refractivity contribution >= 4 is 18.0 Å². The van der Waals surface area contributed by atoms with E-state index in [1.165, 1.54) is 0 Å². The summed E-state index contributed by atoms with van der Waals surface area (Å²) >= 11 is 0. The number of aliphatic hydroxyl groups excluding tert-OH is 1. The number of esters is 1. The lowest BCUT2D eigenvalue weighted by molar-refractivity contribution is -0.128. The Hall–Kier alpha value is -3.70. The number of rotatable bonds is 9. The number of nitrogens with zero attached hydrogens (tertiary/aromatic N) is 1. The van der Waals surface area contributed by atoms with Crippen LogP contribution in [0.3, 0.4) is 0 Å². The van der Waals surface area contributed by atoms with Gasteiger partial charge < -0.3 is 14.7 Å². The Balaban J connectivity index is 1.63. The molecule has 0 aliphatic carbocycles. The normalized spacial score (nSPS) is 11.1. The molecule has 0 aliphatic rings. The zero-order valence-electron chi connectivity index (χ0n) is 18.1. The molecule has 164 valence electrons. The highest BCUT2D eigenvalue weighted by atomic mass is 16.5. The maximum Gasteiger partial charge on any atom is 0.338 e. The van der Waals surface area contributed by atoms with Crippen molar-refractivity contribution in [2.45, 2.75) is 20.1 Å². The van der Waals surface area contributed by atoms with E-state index in [1.54, 1.807) is 42.2 Å². The molecule has 0 heterocycles. The van der Waals surface area contributed by atoms with Crippen molar-refractivity contribution in [3.05, 3.63) is 113 Å². The van der Waals surface area contributed by atoms with E-state index >= 15 is 0 Å². The topological polar surface area (TPSA) is 66.8 Å². The van der Waals surface area contributed by atoms with Crippen molar-refractivity contribution in [1.29, 1.82) is 0 Å². The number of benzene rings is 3. The molecule has 0 unspecified atom stereocenters. The van der Waals surface area contributed by atoms with Crippen molar-refractivity contribution in [2.75, 3.05) is 13.2 Å². The number of hydrogen-bond acceptors (Lipinski definition) is 4. The quantitative estimate of drug-likeness (QED) is 0.403. The van der Waals surface area contributed by atoms with Crippen LogP contribution in [0.2, 0.25) is 0 Å². The third-order valence-electron chi connectivity index (χ3n) is 4.95. The van der Waals surface area contributed by atoms with Crippen LogP contribution in [0.25, 0.3) is 6.08 Å². The summed E-state index contributed by atoms with van der Waals surface area (Å²) in [5.41, 5.74) is 3.74. The van der Waals surface area contributed by atoms with Crippen LogP contribution < -0.4 is 0 Å². The fourth-order valence-corrected chi connectivity index (χ4v) is 3.26. The highest BCUT2D eigenvalue weighted by Crippen LogP contribution is 2.14. The summed E-state index contributed by atoms with van der Waals surface area (Å²) in [6.45, 7) is 2.55. The Bertz CT molecular complexity index is 1040. The van der Waals surface area contributed by atoms with Crippen LogP contribution in [-0.2, 0) is 22.7 Å². The SMILES string of the molecule is C/C(=C\c1ccc(C(=O)OCc2ccccc2)cc1)C(=O)N(CCO)Cc1ccccc1. The molecule has 0 saturated heterocycles. The molecule has 3 aromatic carbocycles. The molecule has 32 heavy (non-hydrogen) atoms. The van der Waals surface area contributed by atoms with Crippen LogP contribution in [0, 0.1) is 0 Å². The molecule has 5 nitrogen and oxygen atoms in total. The fraction of sp³-hybridized carbons (Fsp3) is 0.185. The average molecular weight is 430 g/mol. The number of carbonyl (C=O) groups excluding carboxylic acids is 2. The first-order chi connectivity index (χ1) is 15.6. The van der Waals surface area contributed by atoms with Crippen LogP contribution in [0.4, 0.5) is 0 Å². The van der Waals surface area contributed by atoms with Crippen LogP contribution in [0.5, 0.6) is 0 Å². The van der Waals surface area contributed by atoms with Gasteiger partial charge in [0.25, 0.3) is 0 Å². The van der Waals surface area contributed by atoms with Gasteiger partial charge in [0.15, 0.2) is 0 Å². The molecule has 0 fully saturated rings. The molecule has 0 aliphatic heterocycles. The van der Waals surface area contributed by atoms with E-state index in [1.807, 2.05) is 60.7 Å². The lowest BCUT2D eigenvalue weighted by Gasteiger charge is -2.22. The molecule has 0 aromatic heterocycles. The van der Waals surface area contributed by atoms with Gasteiger partial charge in [-0.3, -0.25) is 4.79 Å². The highest BCUT2D eigenvalue weighted by molar-refractivity contribution is 5.97. The average Bonchev–Trinajstić information content (AvgIpc) is 2.83. The van der Waals surface area contributed by atoms with Gasteiger partial charge >= 0.3 is 5.97 Å². The maximum atomic E-state index is 12.9. The molecule has 3 aromatic rings. The van der Waals surface area contributed by atoms with Crippen molar-refractivity contribution in [2.24, 2.45) is 0 Å². The standard InChI is InChI=1S/C27H27NO4/c1-21(26(30)28(16-17-29)19-23-8-4-2-5-9-23)18-22-12-14-25(15-13-22)27(31)32-20-24-10-6-3-7-11-24/h2-15,18,29H,16-17,19-20H2,1H3/b21-18+. The Kier molecular flexibility index (Phi) is 8.35. The Morgan fingerprint density at radius 2 is 1.47 bits per heavy atom. The second-order valence-electron chi connectivity index (χ2n) is 7.45. The van der Waals surface area contributed by atoms with E-state index in [0.717, 1.165) is 16.7 Å². The molecule has 1 N–H and O–H groups in total. The minimum absolute atomic E-state index is 0.106. The predicted octanol–water partition coefficient (Wildman–Crippen LogP) is 4.47. The second-order valence-corrected chi connectivity index (χ2v) is 7.45. The smallest absolute Gasteiger partial charge is 0.338 e. The minimum atomic E-state index is -0.394. The summed E-state index contributed by atoms with van der Waals surface area (Å²) < 4.78 is 5.35. The van der Waals surface area contributed by atoms with Gasteiger partial charge in [0.1, 0.15) is 6.61 Å². The van der Waals surface area contributed by atoms with Gasteiger partial charge in [-0.05, 0) is 41.8 Å². The number of aliphatic hydroxyl groups is 1. The van der Waals surface area contributed by atoms with Crippen LogP contribution in [0.15, 0.2) is 90.5 Å². The van der Waals surface area contributed by atoms with E-state index in [4.69, 9.17) is 4.74 Å². The molecule has 3 rings (SSSR count). The summed E-state index contributed by atoms with van der Waals surface area (Å²) in [7, 11) is 0. The molecular formula is C27H27NO4. The zero-order valence-corrected chi connectivity index (χ0v) is 18.1. The van der Waals surface area contributed by atoms with Gasteiger partial charge in [0, 0.05) is 18.7 Å². The van der Waals surface area contributed by atoms with Gasteiger partial charge in [-0.1, -0.05) is 72.8 Å². The van der Waals surface area contributed by atoms with Crippen LogP contribution >= 0.6 is 0 Å². The number of hydrogen-bond donors (Lipinski definition) is 1. The third kappa shape index (κ3) is 6.65. The first-order valence-electron chi connectivity index (χ1n) is 10.5. The Labute approximate surface area is 188 Å². The number of carbonyl (C=O) groups is 2. The van der Waals surface area contributed by atoms with Gasteiger partial charge in [0.05, 0.1) is 12.2 Å². The molecule has 0 bridgehead atoms.